The van der Waals surface area contributed by atoms with E-state index in [1.54, 1.807) is 6.26 Å². The van der Waals surface area contributed by atoms with Crippen LogP contribution in [0.1, 0.15) is 0 Å². The Morgan fingerprint density at radius 3 is 2.90 bits per heavy atom. The Hall–Kier alpha value is -0.770. The topological polar surface area (TPSA) is 32.9 Å². The first kappa shape index (κ1) is 7.34. The van der Waals surface area contributed by atoms with Crippen molar-refractivity contribution in [3.8, 4) is 0 Å². The quantitative estimate of drug-likeness (QED) is 0.625. The standard InChI is InChI=1S/C6H6FNOS/c1-10-6-5(7)4(9)2-3-8-6/h2-3H,1H3,(H,8,9). The maximum absolute atomic E-state index is 12.6. The van der Waals surface area contributed by atoms with Crippen LogP contribution in [0.2, 0.25) is 0 Å². The maximum atomic E-state index is 12.6. The predicted octanol–water partition coefficient (Wildman–Crippen LogP) is 1.24. The molecule has 0 aromatic carbocycles. The van der Waals surface area contributed by atoms with Crippen LogP contribution in [0, 0.1) is 5.82 Å². The van der Waals surface area contributed by atoms with Crippen molar-refractivity contribution in [3.05, 3.63) is 28.3 Å². The third-order valence-electron chi connectivity index (χ3n) is 1.07. The van der Waals surface area contributed by atoms with Crippen molar-refractivity contribution < 1.29 is 4.39 Å². The Bertz CT molecular complexity index is 283. The highest BCUT2D eigenvalue weighted by atomic mass is 32.2. The van der Waals surface area contributed by atoms with Gasteiger partial charge < -0.3 is 4.98 Å². The van der Waals surface area contributed by atoms with E-state index in [1.807, 2.05) is 0 Å². The lowest BCUT2D eigenvalue weighted by Gasteiger charge is -1.94. The number of pyridine rings is 1. The highest BCUT2D eigenvalue weighted by Gasteiger charge is 2.02. The molecular formula is C6H6FNOS. The minimum absolute atomic E-state index is 0.285. The van der Waals surface area contributed by atoms with Crippen LogP contribution in [0.25, 0.3) is 0 Å². The SMILES string of the molecule is CSc1[nH]ccc(=O)c1F. The van der Waals surface area contributed by atoms with Crippen LogP contribution in [-0.4, -0.2) is 11.2 Å². The summed E-state index contributed by atoms with van der Waals surface area (Å²) in [5.74, 6) is -0.699. The summed E-state index contributed by atoms with van der Waals surface area (Å²) >= 11 is 1.18. The van der Waals surface area contributed by atoms with Crippen LogP contribution in [0.15, 0.2) is 22.1 Å². The van der Waals surface area contributed by atoms with E-state index in [0.717, 1.165) is 6.07 Å². The van der Waals surface area contributed by atoms with E-state index in [1.165, 1.54) is 18.0 Å². The molecule has 0 atom stereocenters. The average molecular weight is 159 g/mol. The Morgan fingerprint density at radius 1 is 1.70 bits per heavy atom. The largest absolute Gasteiger partial charge is 0.354 e. The summed E-state index contributed by atoms with van der Waals surface area (Å²) in [7, 11) is 0. The van der Waals surface area contributed by atoms with Gasteiger partial charge in [-0.25, -0.2) is 0 Å². The molecule has 1 N–H and O–H groups in total. The summed E-state index contributed by atoms with van der Waals surface area (Å²) in [6.07, 6.45) is 3.13. The van der Waals surface area contributed by atoms with Gasteiger partial charge >= 0.3 is 0 Å². The number of aromatic amines is 1. The van der Waals surface area contributed by atoms with E-state index in [2.05, 4.69) is 4.98 Å². The maximum Gasteiger partial charge on any atom is 0.218 e. The van der Waals surface area contributed by atoms with Gasteiger partial charge in [0.1, 0.15) is 5.03 Å². The molecule has 0 radical (unpaired) electrons. The molecule has 0 unspecified atom stereocenters. The molecule has 0 saturated carbocycles. The number of H-pyrrole nitrogens is 1. The molecule has 0 fully saturated rings. The van der Waals surface area contributed by atoms with Gasteiger partial charge in [0.15, 0.2) is 5.82 Å². The molecule has 0 bridgehead atoms. The number of halogens is 1. The zero-order valence-electron chi connectivity index (χ0n) is 5.35. The molecule has 0 amide bonds. The van der Waals surface area contributed by atoms with E-state index >= 15 is 0 Å². The first-order valence-electron chi connectivity index (χ1n) is 2.67. The summed E-state index contributed by atoms with van der Waals surface area (Å²) in [6, 6.07) is 1.16. The zero-order chi connectivity index (χ0) is 7.56. The first-order chi connectivity index (χ1) is 4.75. The van der Waals surface area contributed by atoms with Crippen LogP contribution in [0.3, 0.4) is 0 Å². The van der Waals surface area contributed by atoms with Crippen molar-refractivity contribution in [1.82, 2.24) is 4.98 Å². The molecule has 1 rings (SSSR count). The van der Waals surface area contributed by atoms with E-state index in [9.17, 15) is 9.18 Å². The Kier molecular flexibility index (Phi) is 2.11. The Balaban J connectivity index is 3.28. The van der Waals surface area contributed by atoms with Gasteiger partial charge in [0.05, 0.1) is 0 Å². The number of hydrogen-bond acceptors (Lipinski definition) is 2. The van der Waals surface area contributed by atoms with Gasteiger partial charge in [0.2, 0.25) is 5.43 Å². The number of thioether (sulfide) groups is 1. The number of rotatable bonds is 1. The molecule has 1 aromatic heterocycles. The molecule has 10 heavy (non-hydrogen) atoms. The van der Waals surface area contributed by atoms with Gasteiger partial charge in [-0.15, -0.1) is 11.8 Å². The van der Waals surface area contributed by atoms with Gasteiger partial charge in [0.25, 0.3) is 0 Å². The average Bonchev–Trinajstić information content (AvgIpc) is 1.95. The molecule has 0 saturated heterocycles. The fourth-order valence-electron chi connectivity index (χ4n) is 0.590. The second-order valence-corrected chi connectivity index (χ2v) is 2.51. The van der Waals surface area contributed by atoms with E-state index in [-0.39, 0.29) is 5.03 Å². The smallest absolute Gasteiger partial charge is 0.218 e. The molecular weight excluding hydrogens is 153 g/mol. The lowest BCUT2D eigenvalue weighted by molar-refractivity contribution is 0.577. The fraction of sp³-hybridized carbons (Fsp3) is 0.167. The molecule has 1 heterocycles. The van der Waals surface area contributed by atoms with Crippen LogP contribution < -0.4 is 5.43 Å². The van der Waals surface area contributed by atoms with Crippen LogP contribution in [0.4, 0.5) is 4.39 Å². The minimum Gasteiger partial charge on any atom is -0.354 e. The van der Waals surface area contributed by atoms with Gasteiger partial charge in [0, 0.05) is 12.3 Å². The van der Waals surface area contributed by atoms with Crippen LogP contribution >= 0.6 is 11.8 Å². The number of hydrogen-bond donors (Lipinski definition) is 1. The normalized spacial score (nSPS) is 9.80. The fourth-order valence-corrected chi connectivity index (χ4v) is 1.06. The van der Waals surface area contributed by atoms with Crippen molar-refractivity contribution in [2.75, 3.05) is 6.26 Å². The monoisotopic (exact) mass is 159 g/mol. The zero-order valence-corrected chi connectivity index (χ0v) is 6.17. The second-order valence-electron chi connectivity index (χ2n) is 1.69. The van der Waals surface area contributed by atoms with Crippen molar-refractivity contribution in [1.29, 1.82) is 0 Å². The third-order valence-corrected chi connectivity index (χ3v) is 1.77. The molecule has 0 aliphatic heterocycles. The second kappa shape index (κ2) is 2.88. The minimum atomic E-state index is -0.699. The third kappa shape index (κ3) is 1.21. The predicted molar refractivity (Wildman–Crippen MR) is 38.8 cm³/mol. The summed E-state index contributed by atoms with van der Waals surface area (Å²) in [5.41, 5.74) is -0.567. The van der Waals surface area contributed by atoms with Gasteiger partial charge in [-0.3, -0.25) is 4.79 Å². The molecule has 54 valence electrons. The van der Waals surface area contributed by atoms with Crippen LogP contribution in [-0.2, 0) is 0 Å². The van der Waals surface area contributed by atoms with Crippen molar-refractivity contribution in [2.24, 2.45) is 0 Å². The van der Waals surface area contributed by atoms with Gasteiger partial charge in [-0.05, 0) is 6.26 Å². The van der Waals surface area contributed by atoms with Gasteiger partial charge in [-0.2, -0.15) is 4.39 Å². The van der Waals surface area contributed by atoms with Gasteiger partial charge in [-0.1, -0.05) is 0 Å². The summed E-state index contributed by atoms with van der Waals surface area (Å²) < 4.78 is 12.6. The van der Waals surface area contributed by atoms with Crippen LogP contribution in [0.5, 0.6) is 0 Å². The van der Waals surface area contributed by atoms with E-state index in [4.69, 9.17) is 0 Å². The molecule has 0 aliphatic rings. The first-order valence-corrected chi connectivity index (χ1v) is 3.89. The Morgan fingerprint density at radius 2 is 2.40 bits per heavy atom. The Labute approximate surface area is 61.5 Å². The van der Waals surface area contributed by atoms with Crippen molar-refractivity contribution >= 4 is 11.8 Å². The molecule has 2 nitrogen and oxygen atoms in total. The molecule has 1 aromatic rings. The van der Waals surface area contributed by atoms with E-state index < -0.39 is 11.2 Å². The summed E-state index contributed by atoms with van der Waals surface area (Å²) in [4.78, 5) is 13.2. The summed E-state index contributed by atoms with van der Waals surface area (Å²) in [5, 5.41) is 0.285. The molecule has 0 spiro atoms. The number of nitrogens with one attached hydrogen (secondary N) is 1. The highest BCUT2D eigenvalue weighted by molar-refractivity contribution is 7.98. The van der Waals surface area contributed by atoms with Crippen molar-refractivity contribution in [2.45, 2.75) is 5.03 Å². The molecule has 0 aliphatic carbocycles. The van der Waals surface area contributed by atoms with Crippen molar-refractivity contribution in [3.63, 3.8) is 0 Å². The van der Waals surface area contributed by atoms with E-state index in [0.29, 0.717) is 0 Å². The number of aromatic nitrogens is 1. The molecule has 4 heteroatoms. The lowest BCUT2D eigenvalue weighted by atomic mass is 10.5. The summed E-state index contributed by atoms with van der Waals surface area (Å²) in [6.45, 7) is 0. The lowest BCUT2D eigenvalue weighted by Crippen LogP contribution is -2.06. The highest BCUT2D eigenvalue weighted by Crippen LogP contribution is 2.10.